The Morgan fingerprint density at radius 1 is 1.53 bits per heavy atom. The third-order valence-electron chi connectivity index (χ3n) is 2.57. The first-order valence-corrected chi connectivity index (χ1v) is 4.81. The molecule has 5 N–H and O–H groups in total. The number of hydrogen-bond acceptors (Lipinski definition) is 5. The number of aromatic nitrogens is 1. The molecule has 0 spiro atoms. The first kappa shape index (κ1) is 11.9. The number of nitrogens with one attached hydrogen (secondary N) is 1. The fraction of sp³-hybridized carbons (Fsp3) is 0.500. The molecule has 0 amide bonds. The molecule has 84 valence electrons. The second kappa shape index (κ2) is 5.06. The summed E-state index contributed by atoms with van der Waals surface area (Å²) in [6.45, 7) is 3.90. The number of nitrogens with two attached hydrogens (primary N) is 2. The van der Waals surface area contributed by atoms with Crippen LogP contribution in [0.4, 0.5) is 5.82 Å². The van der Waals surface area contributed by atoms with Crippen molar-refractivity contribution in [1.29, 1.82) is 0 Å². The van der Waals surface area contributed by atoms with E-state index in [0.29, 0.717) is 5.82 Å². The standard InChI is InChI=1S/C10H18N4O/c1-6-4-5-13-10(11)8(6)9(14-12)7(2)15-3/h4-5,7,9,14H,12H2,1-3H3,(H2,11,13). The van der Waals surface area contributed by atoms with Gasteiger partial charge in [0.2, 0.25) is 0 Å². The zero-order chi connectivity index (χ0) is 11.4. The van der Waals surface area contributed by atoms with E-state index in [1.165, 1.54) is 0 Å². The average molecular weight is 210 g/mol. The molecule has 1 aromatic heterocycles. The van der Waals surface area contributed by atoms with Crippen molar-refractivity contribution in [3.63, 3.8) is 0 Å². The normalized spacial score (nSPS) is 14.9. The fourth-order valence-electron chi connectivity index (χ4n) is 1.58. The topological polar surface area (TPSA) is 86.2 Å². The number of nitrogen functional groups attached to an aromatic ring is 1. The second-order valence-electron chi connectivity index (χ2n) is 3.51. The van der Waals surface area contributed by atoms with Gasteiger partial charge >= 0.3 is 0 Å². The zero-order valence-electron chi connectivity index (χ0n) is 9.32. The SMILES string of the molecule is COC(C)C(NN)c1c(C)ccnc1N. The minimum absolute atomic E-state index is 0.0693. The molecule has 2 unspecified atom stereocenters. The van der Waals surface area contributed by atoms with E-state index in [2.05, 4.69) is 10.4 Å². The minimum Gasteiger partial charge on any atom is -0.383 e. The molecular formula is C10H18N4O. The van der Waals surface area contributed by atoms with Crippen molar-refractivity contribution < 1.29 is 4.74 Å². The Labute approximate surface area is 89.8 Å². The lowest BCUT2D eigenvalue weighted by Gasteiger charge is -2.24. The molecular weight excluding hydrogens is 192 g/mol. The second-order valence-corrected chi connectivity index (χ2v) is 3.51. The van der Waals surface area contributed by atoms with Gasteiger partial charge in [0.1, 0.15) is 5.82 Å². The van der Waals surface area contributed by atoms with Crippen molar-refractivity contribution in [2.75, 3.05) is 12.8 Å². The molecule has 2 atom stereocenters. The molecule has 1 rings (SSSR count). The maximum absolute atomic E-state index is 5.83. The lowest BCUT2D eigenvalue weighted by atomic mass is 9.99. The summed E-state index contributed by atoms with van der Waals surface area (Å²) in [4.78, 5) is 4.05. The summed E-state index contributed by atoms with van der Waals surface area (Å²) < 4.78 is 5.24. The average Bonchev–Trinajstić information content (AvgIpc) is 2.22. The molecule has 0 radical (unpaired) electrons. The molecule has 0 saturated carbocycles. The number of nitrogens with zero attached hydrogens (tertiary/aromatic N) is 1. The van der Waals surface area contributed by atoms with Crippen molar-refractivity contribution >= 4 is 5.82 Å². The Kier molecular flexibility index (Phi) is 4.02. The fourth-order valence-corrected chi connectivity index (χ4v) is 1.58. The largest absolute Gasteiger partial charge is 0.383 e. The van der Waals surface area contributed by atoms with Gasteiger partial charge in [-0.05, 0) is 25.5 Å². The van der Waals surface area contributed by atoms with Gasteiger partial charge in [0, 0.05) is 18.9 Å². The summed E-state index contributed by atoms with van der Waals surface area (Å²) in [7, 11) is 1.64. The van der Waals surface area contributed by atoms with E-state index < -0.39 is 0 Å². The number of hydrogen-bond donors (Lipinski definition) is 3. The summed E-state index contributed by atoms with van der Waals surface area (Å²) in [5.41, 5.74) is 10.5. The monoisotopic (exact) mass is 210 g/mol. The van der Waals surface area contributed by atoms with Gasteiger partial charge in [-0.15, -0.1) is 0 Å². The van der Waals surface area contributed by atoms with Crippen LogP contribution >= 0.6 is 0 Å². The van der Waals surface area contributed by atoms with E-state index in [9.17, 15) is 0 Å². The van der Waals surface area contributed by atoms with Crippen LogP contribution < -0.4 is 17.0 Å². The highest BCUT2D eigenvalue weighted by molar-refractivity contribution is 5.46. The first-order chi connectivity index (χ1) is 7.11. The molecule has 0 aliphatic rings. The Bertz CT molecular complexity index is 309. The van der Waals surface area contributed by atoms with Crippen LogP contribution in [0.2, 0.25) is 0 Å². The molecule has 0 saturated heterocycles. The van der Waals surface area contributed by atoms with Crippen molar-refractivity contribution in [2.24, 2.45) is 5.84 Å². The highest BCUT2D eigenvalue weighted by atomic mass is 16.5. The number of hydrazine groups is 1. The van der Waals surface area contributed by atoms with E-state index in [-0.39, 0.29) is 12.1 Å². The molecule has 1 aromatic rings. The van der Waals surface area contributed by atoms with Crippen molar-refractivity contribution in [3.8, 4) is 0 Å². The lowest BCUT2D eigenvalue weighted by Crippen LogP contribution is -2.37. The number of methoxy groups -OCH3 is 1. The van der Waals surface area contributed by atoms with E-state index in [0.717, 1.165) is 11.1 Å². The highest BCUT2D eigenvalue weighted by Gasteiger charge is 2.22. The molecule has 15 heavy (non-hydrogen) atoms. The summed E-state index contributed by atoms with van der Waals surface area (Å²) in [6, 6.07) is 1.75. The van der Waals surface area contributed by atoms with Gasteiger partial charge in [-0.3, -0.25) is 11.3 Å². The van der Waals surface area contributed by atoms with Crippen molar-refractivity contribution in [2.45, 2.75) is 26.0 Å². The predicted molar refractivity (Wildman–Crippen MR) is 59.9 cm³/mol. The van der Waals surface area contributed by atoms with Gasteiger partial charge in [-0.25, -0.2) is 4.98 Å². The summed E-state index contributed by atoms with van der Waals surface area (Å²) in [6.07, 6.45) is 1.61. The Morgan fingerprint density at radius 2 is 2.20 bits per heavy atom. The number of anilines is 1. The molecule has 0 fully saturated rings. The quantitative estimate of drug-likeness (QED) is 0.498. The number of aryl methyl sites for hydroxylation is 1. The van der Waals surface area contributed by atoms with Gasteiger partial charge in [0.25, 0.3) is 0 Å². The smallest absolute Gasteiger partial charge is 0.128 e. The van der Waals surface area contributed by atoms with Crippen LogP contribution in [0.5, 0.6) is 0 Å². The Balaban J connectivity index is 3.11. The lowest BCUT2D eigenvalue weighted by molar-refractivity contribution is 0.0830. The Morgan fingerprint density at radius 3 is 2.67 bits per heavy atom. The molecule has 1 heterocycles. The van der Waals surface area contributed by atoms with Crippen LogP contribution in [0.3, 0.4) is 0 Å². The molecule has 5 heteroatoms. The van der Waals surface area contributed by atoms with Gasteiger partial charge in [-0.2, -0.15) is 0 Å². The van der Waals surface area contributed by atoms with E-state index in [1.54, 1.807) is 13.3 Å². The molecule has 0 aromatic carbocycles. The predicted octanol–water partition coefficient (Wildman–Crippen LogP) is 0.512. The summed E-state index contributed by atoms with van der Waals surface area (Å²) in [5.74, 6) is 5.99. The summed E-state index contributed by atoms with van der Waals surface area (Å²) in [5, 5.41) is 0. The van der Waals surface area contributed by atoms with Crippen LogP contribution in [0.15, 0.2) is 12.3 Å². The maximum Gasteiger partial charge on any atom is 0.128 e. The zero-order valence-corrected chi connectivity index (χ0v) is 9.32. The molecule has 5 nitrogen and oxygen atoms in total. The minimum atomic E-state index is -0.149. The van der Waals surface area contributed by atoms with Crippen LogP contribution in [0.1, 0.15) is 24.1 Å². The van der Waals surface area contributed by atoms with Crippen LogP contribution in [0, 0.1) is 6.92 Å². The maximum atomic E-state index is 5.83. The third kappa shape index (κ3) is 2.44. The molecule has 0 aliphatic heterocycles. The Hall–Kier alpha value is -1.17. The molecule has 0 aliphatic carbocycles. The van der Waals surface area contributed by atoms with Crippen LogP contribution in [0.25, 0.3) is 0 Å². The third-order valence-corrected chi connectivity index (χ3v) is 2.57. The van der Waals surface area contributed by atoms with Gasteiger partial charge in [0.05, 0.1) is 12.1 Å². The number of rotatable bonds is 4. The van der Waals surface area contributed by atoms with Crippen molar-refractivity contribution in [3.05, 3.63) is 23.4 Å². The first-order valence-electron chi connectivity index (χ1n) is 4.81. The summed E-state index contributed by atoms with van der Waals surface area (Å²) >= 11 is 0. The highest BCUT2D eigenvalue weighted by Crippen LogP contribution is 2.25. The van der Waals surface area contributed by atoms with E-state index in [1.807, 2.05) is 19.9 Å². The van der Waals surface area contributed by atoms with E-state index >= 15 is 0 Å². The van der Waals surface area contributed by atoms with Crippen LogP contribution in [-0.4, -0.2) is 18.2 Å². The van der Waals surface area contributed by atoms with Gasteiger partial charge in [-0.1, -0.05) is 0 Å². The number of pyridine rings is 1. The van der Waals surface area contributed by atoms with Crippen molar-refractivity contribution in [1.82, 2.24) is 10.4 Å². The van der Waals surface area contributed by atoms with Gasteiger partial charge < -0.3 is 10.5 Å². The number of ether oxygens (including phenoxy) is 1. The van der Waals surface area contributed by atoms with Gasteiger partial charge in [0.15, 0.2) is 0 Å². The molecule has 0 bridgehead atoms. The van der Waals surface area contributed by atoms with E-state index in [4.69, 9.17) is 16.3 Å². The van der Waals surface area contributed by atoms with Crippen LogP contribution in [-0.2, 0) is 4.74 Å².